The van der Waals surface area contributed by atoms with Crippen LogP contribution in [0.3, 0.4) is 0 Å². The molecule has 1 aromatic rings. The number of hydrogen-bond acceptors (Lipinski definition) is 3. The maximum Gasteiger partial charge on any atom is 0.243 e. The highest BCUT2D eigenvalue weighted by molar-refractivity contribution is 9.10. The Morgan fingerprint density at radius 2 is 1.95 bits per heavy atom. The molecule has 0 radical (unpaired) electrons. The van der Waals surface area contributed by atoms with E-state index in [0.29, 0.717) is 23.2 Å². The molecule has 21 heavy (non-hydrogen) atoms. The van der Waals surface area contributed by atoms with Crippen LogP contribution < -0.4 is 5.73 Å². The highest BCUT2D eigenvalue weighted by atomic mass is 79.9. The van der Waals surface area contributed by atoms with Crippen molar-refractivity contribution in [3.8, 4) is 0 Å². The SMILES string of the molecule is CC(C)(C)C1=CCN(S(=O)(=O)c2ccc(N)c(Br)c2)CC1. The van der Waals surface area contributed by atoms with Crippen LogP contribution in [0.25, 0.3) is 0 Å². The molecule has 0 aromatic heterocycles. The second-order valence-electron chi connectivity index (χ2n) is 6.28. The average Bonchev–Trinajstić information content (AvgIpc) is 2.41. The fourth-order valence-corrected chi connectivity index (χ4v) is 4.31. The number of halogens is 1. The maximum absolute atomic E-state index is 12.6. The van der Waals surface area contributed by atoms with Crippen LogP contribution >= 0.6 is 15.9 Å². The molecule has 0 fully saturated rings. The average molecular weight is 373 g/mol. The van der Waals surface area contributed by atoms with Gasteiger partial charge in [0.05, 0.1) is 4.90 Å². The zero-order valence-corrected chi connectivity index (χ0v) is 15.0. The zero-order valence-electron chi connectivity index (χ0n) is 12.6. The Labute approximate surface area is 135 Å². The van der Waals surface area contributed by atoms with Gasteiger partial charge >= 0.3 is 0 Å². The van der Waals surface area contributed by atoms with Crippen molar-refractivity contribution in [1.29, 1.82) is 0 Å². The van der Waals surface area contributed by atoms with Crippen LogP contribution in [0.5, 0.6) is 0 Å². The molecule has 0 saturated carbocycles. The quantitative estimate of drug-likeness (QED) is 0.638. The highest BCUT2D eigenvalue weighted by Gasteiger charge is 2.29. The molecule has 0 saturated heterocycles. The number of nitrogens with two attached hydrogens (primary N) is 1. The van der Waals surface area contributed by atoms with Gasteiger partial charge in [0.25, 0.3) is 0 Å². The van der Waals surface area contributed by atoms with Gasteiger partial charge in [-0.2, -0.15) is 4.31 Å². The summed E-state index contributed by atoms with van der Waals surface area (Å²) in [7, 11) is -3.47. The van der Waals surface area contributed by atoms with Crippen molar-refractivity contribution in [2.45, 2.75) is 32.1 Å². The Balaban J connectivity index is 2.26. The third kappa shape index (κ3) is 3.49. The molecule has 0 aliphatic carbocycles. The van der Waals surface area contributed by atoms with E-state index < -0.39 is 10.0 Å². The van der Waals surface area contributed by atoms with Crippen molar-refractivity contribution in [2.24, 2.45) is 5.41 Å². The highest BCUT2D eigenvalue weighted by Crippen LogP contribution is 2.32. The molecule has 0 atom stereocenters. The van der Waals surface area contributed by atoms with Gasteiger partial charge in [-0.25, -0.2) is 8.42 Å². The Morgan fingerprint density at radius 3 is 2.43 bits per heavy atom. The molecule has 116 valence electrons. The maximum atomic E-state index is 12.6. The van der Waals surface area contributed by atoms with Crippen LogP contribution in [-0.2, 0) is 10.0 Å². The summed E-state index contributed by atoms with van der Waals surface area (Å²) in [6.07, 6.45) is 2.81. The number of nitrogen functional groups attached to an aromatic ring is 1. The molecule has 0 unspecified atom stereocenters. The Morgan fingerprint density at radius 1 is 1.29 bits per heavy atom. The molecular weight excluding hydrogens is 352 g/mol. The standard InChI is InChI=1S/C15H21BrN2O2S/c1-15(2,3)11-6-8-18(9-7-11)21(19,20)12-4-5-14(17)13(16)10-12/h4-6,10H,7-9,17H2,1-3H3. The normalized spacial score (nSPS) is 17.6. The molecule has 1 aliphatic heterocycles. The van der Waals surface area contributed by atoms with Crippen molar-refractivity contribution >= 4 is 31.6 Å². The topological polar surface area (TPSA) is 63.4 Å². The van der Waals surface area contributed by atoms with Crippen LogP contribution in [0.4, 0.5) is 5.69 Å². The molecule has 0 bridgehead atoms. The molecular formula is C15H21BrN2O2S. The first-order valence-corrected chi connectivity index (χ1v) is 9.10. The summed E-state index contributed by atoms with van der Waals surface area (Å²) < 4.78 is 27.4. The van der Waals surface area contributed by atoms with E-state index in [4.69, 9.17) is 5.73 Å². The summed E-state index contributed by atoms with van der Waals surface area (Å²) in [6, 6.07) is 4.73. The first-order chi connectivity index (χ1) is 9.62. The minimum Gasteiger partial charge on any atom is -0.398 e. The second kappa shape index (κ2) is 5.74. The van der Waals surface area contributed by atoms with Gasteiger partial charge in [-0.15, -0.1) is 0 Å². The first kappa shape index (κ1) is 16.5. The van der Waals surface area contributed by atoms with Crippen LogP contribution in [0.15, 0.2) is 39.2 Å². The number of hydrogen-bond donors (Lipinski definition) is 1. The molecule has 0 spiro atoms. The molecule has 4 nitrogen and oxygen atoms in total. The first-order valence-electron chi connectivity index (χ1n) is 6.87. The lowest BCUT2D eigenvalue weighted by molar-refractivity contribution is 0.389. The number of sulfonamides is 1. The lowest BCUT2D eigenvalue weighted by Crippen LogP contribution is -2.36. The fraction of sp³-hybridized carbons (Fsp3) is 0.467. The van der Waals surface area contributed by atoms with E-state index >= 15 is 0 Å². The van der Waals surface area contributed by atoms with Crippen molar-refractivity contribution in [3.63, 3.8) is 0 Å². The van der Waals surface area contributed by atoms with E-state index in [-0.39, 0.29) is 10.3 Å². The summed E-state index contributed by atoms with van der Waals surface area (Å²) in [4.78, 5) is 0.274. The Hall–Kier alpha value is -0.850. The van der Waals surface area contributed by atoms with Gasteiger partial charge in [0.1, 0.15) is 0 Å². The number of anilines is 1. The summed E-state index contributed by atoms with van der Waals surface area (Å²) in [5, 5.41) is 0. The molecule has 6 heteroatoms. The third-order valence-electron chi connectivity index (χ3n) is 3.74. The van der Waals surface area contributed by atoms with E-state index in [0.717, 1.165) is 6.42 Å². The molecule has 2 N–H and O–H groups in total. The summed E-state index contributed by atoms with van der Waals surface area (Å²) >= 11 is 3.28. The second-order valence-corrected chi connectivity index (χ2v) is 9.07. The van der Waals surface area contributed by atoms with Crippen LogP contribution in [-0.4, -0.2) is 25.8 Å². The number of rotatable bonds is 2. The largest absolute Gasteiger partial charge is 0.398 e. The summed E-state index contributed by atoms with van der Waals surface area (Å²) in [5.74, 6) is 0. The molecule has 1 heterocycles. The molecule has 2 rings (SSSR count). The number of nitrogens with zero attached hydrogens (tertiary/aromatic N) is 1. The fourth-order valence-electron chi connectivity index (χ4n) is 2.37. The van der Waals surface area contributed by atoms with E-state index in [1.54, 1.807) is 18.2 Å². The predicted octanol–water partition coefficient (Wildman–Crippen LogP) is 3.40. The monoisotopic (exact) mass is 372 g/mol. The number of benzene rings is 1. The van der Waals surface area contributed by atoms with Gasteiger partial charge in [0.15, 0.2) is 0 Å². The van der Waals surface area contributed by atoms with Gasteiger partial charge in [0.2, 0.25) is 10.0 Å². The smallest absolute Gasteiger partial charge is 0.243 e. The lowest BCUT2D eigenvalue weighted by Gasteiger charge is -2.31. The summed E-state index contributed by atoms with van der Waals surface area (Å²) in [5.41, 5.74) is 7.65. The van der Waals surface area contributed by atoms with Crippen molar-refractivity contribution in [1.82, 2.24) is 4.31 Å². The van der Waals surface area contributed by atoms with Crippen LogP contribution in [0, 0.1) is 5.41 Å². The van der Waals surface area contributed by atoms with Crippen molar-refractivity contribution in [3.05, 3.63) is 34.3 Å². The van der Waals surface area contributed by atoms with E-state index in [1.165, 1.54) is 9.88 Å². The predicted molar refractivity (Wildman–Crippen MR) is 89.5 cm³/mol. The molecule has 1 aliphatic rings. The minimum atomic E-state index is -3.47. The minimum absolute atomic E-state index is 0.0973. The molecule has 0 amide bonds. The third-order valence-corrected chi connectivity index (χ3v) is 6.29. The van der Waals surface area contributed by atoms with Gasteiger partial charge in [-0.05, 0) is 46.0 Å². The van der Waals surface area contributed by atoms with Gasteiger partial charge in [-0.1, -0.05) is 32.4 Å². The lowest BCUT2D eigenvalue weighted by atomic mass is 9.83. The Bertz CT molecular complexity index is 675. The van der Waals surface area contributed by atoms with Gasteiger partial charge in [0, 0.05) is 23.2 Å². The van der Waals surface area contributed by atoms with Gasteiger partial charge in [-0.3, -0.25) is 0 Å². The van der Waals surface area contributed by atoms with E-state index in [2.05, 4.69) is 36.7 Å². The van der Waals surface area contributed by atoms with Crippen molar-refractivity contribution < 1.29 is 8.42 Å². The van der Waals surface area contributed by atoms with Crippen LogP contribution in [0.1, 0.15) is 27.2 Å². The Kier molecular flexibility index (Phi) is 4.52. The van der Waals surface area contributed by atoms with Gasteiger partial charge < -0.3 is 5.73 Å². The zero-order chi connectivity index (χ0) is 15.8. The van der Waals surface area contributed by atoms with Crippen LogP contribution in [0.2, 0.25) is 0 Å². The van der Waals surface area contributed by atoms with Crippen molar-refractivity contribution in [2.75, 3.05) is 18.8 Å². The summed E-state index contributed by atoms with van der Waals surface area (Å²) in [6.45, 7) is 7.41. The molecule has 1 aromatic carbocycles. The van der Waals surface area contributed by atoms with E-state index in [1.807, 2.05) is 6.08 Å². The van der Waals surface area contributed by atoms with E-state index in [9.17, 15) is 8.42 Å².